The Hall–Kier alpha value is -3.44. The lowest BCUT2D eigenvalue weighted by Crippen LogP contribution is -2.20. The van der Waals surface area contributed by atoms with E-state index in [2.05, 4.69) is 16.3 Å². The Bertz CT molecular complexity index is 1140. The fourth-order valence-electron chi connectivity index (χ4n) is 3.46. The summed E-state index contributed by atoms with van der Waals surface area (Å²) in [6, 6.07) is 11.9. The molecule has 1 aromatic carbocycles. The van der Waals surface area contributed by atoms with Gasteiger partial charge in [-0.3, -0.25) is 5.10 Å². The van der Waals surface area contributed by atoms with Crippen molar-refractivity contribution in [2.75, 3.05) is 13.7 Å². The highest BCUT2D eigenvalue weighted by atomic mass is 32.1. The molecule has 4 rings (SSSR count). The normalized spacial score (nSPS) is 15.4. The van der Waals surface area contributed by atoms with Crippen molar-refractivity contribution < 1.29 is 14.2 Å². The second-order valence-corrected chi connectivity index (χ2v) is 7.81. The Labute approximate surface area is 172 Å². The van der Waals surface area contributed by atoms with Crippen molar-refractivity contribution in [3.63, 3.8) is 0 Å². The molecule has 0 fully saturated rings. The number of allylic oxidation sites excluding steroid dienone is 1. The Morgan fingerprint density at radius 2 is 2.14 bits per heavy atom. The van der Waals surface area contributed by atoms with Crippen LogP contribution in [-0.2, 0) is 0 Å². The van der Waals surface area contributed by atoms with E-state index in [1.54, 1.807) is 18.4 Å². The van der Waals surface area contributed by atoms with Gasteiger partial charge in [-0.25, -0.2) is 0 Å². The molecule has 0 radical (unpaired) electrons. The fourth-order valence-corrected chi connectivity index (χ4v) is 4.45. The summed E-state index contributed by atoms with van der Waals surface area (Å²) in [5, 5.41) is 17.1. The van der Waals surface area contributed by atoms with Crippen LogP contribution in [0.2, 0.25) is 0 Å². The molecule has 0 saturated carbocycles. The number of aryl methyl sites for hydroxylation is 1. The first-order valence-corrected chi connectivity index (χ1v) is 9.92. The Kier molecular flexibility index (Phi) is 4.91. The molecule has 3 heterocycles. The number of hydrogen-bond donors (Lipinski definition) is 2. The van der Waals surface area contributed by atoms with Gasteiger partial charge in [0.15, 0.2) is 11.5 Å². The number of ether oxygens (including phenoxy) is 3. The van der Waals surface area contributed by atoms with E-state index in [0.29, 0.717) is 29.6 Å². The molecule has 0 aliphatic carbocycles. The maximum absolute atomic E-state index is 9.77. The number of methoxy groups -OCH3 is 1. The molecule has 1 aliphatic rings. The zero-order valence-corrected chi connectivity index (χ0v) is 17.1. The Morgan fingerprint density at radius 3 is 2.79 bits per heavy atom. The number of rotatable bonds is 5. The SMILES string of the molecule is CCOc1ccc(-c2[nH]nc3c2[C@@H](c2ccc(C)s2)C(C#N)=C(N)O3)cc1OC. The smallest absolute Gasteiger partial charge is 0.244 e. The summed E-state index contributed by atoms with van der Waals surface area (Å²) in [4.78, 5) is 2.16. The van der Waals surface area contributed by atoms with Gasteiger partial charge in [-0.05, 0) is 44.2 Å². The molecular formula is C21H20N4O3S. The third-order valence-electron chi connectivity index (χ3n) is 4.74. The summed E-state index contributed by atoms with van der Waals surface area (Å²) < 4.78 is 16.8. The van der Waals surface area contributed by atoms with Gasteiger partial charge in [-0.1, -0.05) is 0 Å². The fraction of sp³-hybridized carbons (Fsp3) is 0.238. The van der Waals surface area contributed by atoms with Gasteiger partial charge in [-0.2, -0.15) is 5.26 Å². The topological polar surface area (TPSA) is 106 Å². The number of aromatic amines is 1. The van der Waals surface area contributed by atoms with Gasteiger partial charge in [-0.15, -0.1) is 16.4 Å². The minimum atomic E-state index is -0.353. The maximum atomic E-state index is 9.77. The van der Waals surface area contributed by atoms with Crippen LogP contribution in [0.4, 0.5) is 0 Å². The highest BCUT2D eigenvalue weighted by Gasteiger charge is 2.36. The first-order valence-electron chi connectivity index (χ1n) is 9.10. The number of benzene rings is 1. The zero-order valence-electron chi connectivity index (χ0n) is 16.3. The van der Waals surface area contributed by atoms with Crippen LogP contribution in [0.15, 0.2) is 41.8 Å². The van der Waals surface area contributed by atoms with Crippen molar-refractivity contribution in [1.82, 2.24) is 10.2 Å². The molecule has 0 bridgehead atoms. The Balaban J connectivity index is 1.88. The van der Waals surface area contributed by atoms with Crippen molar-refractivity contribution in [2.24, 2.45) is 5.73 Å². The van der Waals surface area contributed by atoms with Crippen molar-refractivity contribution >= 4 is 11.3 Å². The van der Waals surface area contributed by atoms with Gasteiger partial charge < -0.3 is 19.9 Å². The van der Waals surface area contributed by atoms with Crippen molar-refractivity contribution in [3.8, 4) is 34.7 Å². The van der Waals surface area contributed by atoms with E-state index in [9.17, 15) is 5.26 Å². The predicted octanol–water partition coefficient (Wildman–Crippen LogP) is 4.07. The standard InChI is InChI=1S/C21H20N4O3S/c1-4-27-14-7-6-12(9-15(14)26-3)19-18-17(16-8-5-11(2)29-16)13(10-22)20(23)28-21(18)25-24-19/h5-9,17H,4,23H2,1-3H3,(H,24,25)/t17-/m1/s1. The van der Waals surface area contributed by atoms with Crippen molar-refractivity contribution in [1.29, 1.82) is 5.26 Å². The monoisotopic (exact) mass is 408 g/mol. The van der Waals surface area contributed by atoms with E-state index in [1.165, 1.54) is 0 Å². The van der Waals surface area contributed by atoms with E-state index in [1.807, 2.05) is 44.2 Å². The summed E-state index contributed by atoms with van der Waals surface area (Å²) in [7, 11) is 1.60. The highest BCUT2D eigenvalue weighted by Crippen LogP contribution is 2.47. The van der Waals surface area contributed by atoms with Gasteiger partial charge in [0.2, 0.25) is 11.8 Å². The van der Waals surface area contributed by atoms with Crippen LogP contribution in [-0.4, -0.2) is 23.9 Å². The summed E-state index contributed by atoms with van der Waals surface area (Å²) in [5.74, 6) is 1.38. The third-order valence-corrected chi connectivity index (χ3v) is 5.80. The van der Waals surface area contributed by atoms with Gasteiger partial charge in [0.05, 0.1) is 30.9 Å². The highest BCUT2D eigenvalue weighted by molar-refractivity contribution is 7.12. The van der Waals surface area contributed by atoms with Gasteiger partial charge in [0, 0.05) is 15.3 Å². The molecule has 3 N–H and O–H groups in total. The molecular weight excluding hydrogens is 388 g/mol. The van der Waals surface area contributed by atoms with Gasteiger partial charge in [0.1, 0.15) is 11.6 Å². The molecule has 0 spiro atoms. The van der Waals surface area contributed by atoms with Crippen molar-refractivity contribution in [3.05, 3.63) is 57.1 Å². The van der Waals surface area contributed by atoms with Gasteiger partial charge >= 0.3 is 0 Å². The van der Waals surface area contributed by atoms with E-state index >= 15 is 0 Å². The van der Waals surface area contributed by atoms with Crippen LogP contribution in [0.1, 0.15) is 28.2 Å². The molecule has 1 atom stereocenters. The number of aromatic nitrogens is 2. The summed E-state index contributed by atoms with van der Waals surface area (Å²) >= 11 is 1.62. The van der Waals surface area contributed by atoms with E-state index in [0.717, 1.165) is 26.6 Å². The van der Waals surface area contributed by atoms with E-state index < -0.39 is 0 Å². The number of fused-ring (bicyclic) bond motifs is 1. The molecule has 3 aromatic rings. The number of nitriles is 1. The molecule has 2 aromatic heterocycles. The van der Waals surface area contributed by atoms with Crippen LogP contribution in [0.25, 0.3) is 11.3 Å². The Morgan fingerprint density at radius 1 is 1.31 bits per heavy atom. The molecule has 0 saturated heterocycles. The van der Waals surface area contributed by atoms with E-state index in [4.69, 9.17) is 19.9 Å². The maximum Gasteiger partial charge on any atom is 0.244 e. The molecule has 0 amide bonds. The predicted molar refractivity (Wildman–Crippen MR) is 110 cm³/mol. The molecule has 29 heavy (non-hydrogen) atoms. The van der Waals surface area contributed by atoms with Crippen LogP contribution in [0.5, 0.6) is 17.4 Å². The first kappa shape index (κ1) is 18.9. The second kappa shape index (κ2) is 7.53. The number of thiophene rings is 1. The molecule has 7 nitrogen and oxygen atoms in total. The summed E-state index contributed by atoms with van der Waals surface area (Å²) in [6.45, 7) is 4.49. The zero-order chi connectivity index (χ0) is 20.5. The van der Waals surface area contributed by atoms with E-state index in [-0.39, 0.29) is 11.8 Å². The summed E-state index contributed by atoms with van der Waals surface area (Å²) in [6.07, 6.45) is 0. The second-order valence-electron chi connectivity index (χ2n) is 6.49. The van der Waals surface area contributed by atoms with Crippen LogP contribution in [0, 0.1) is 18.3 Å². The van der Waals surface area contributed by atoms with Crippen LogP contribution in [0.3, 0.4) is 0 Å². The lowest BCUT2D eigenvalue weighted by molar-refractivity contribution is 0.311. The first-order chi connectivity index (χ1) is 14.1. The van der Waals surface area contributed by atoms with Crippen molar-refractivity contribution in [2.45, 2.75) is 19.8 Å². The van der Waals surface area contributed by atoms with Gasteiger partial charge in [0.25, 0.3) is 0 Å². The van der Waals surface area contributed by atoms with Crippen LogP contribution >= 0.6 is 11.3 Å². The molecule has 148 valence electrons. The largest absolute Gasteiger partial charge is 0.493 e. The minimum Gasteiger partial charge on any atom is -0.493 e. The molecule has 0 unspecified atom stereocenters. The molecule has 8 heteroatoms. The van der Waals surface area contributed by atoms with Crippen LogP contribution < -0.4 is 19.9 Å². The average Bonchev–Trinajstić information content (AvgIpc) is 3.33. The number of nitrogens with one attached hydrogen (secondary N) is 1. The summed E-state index contributed by atoms with van der Waals surface area (Å²) in [5.41, 5.74) is 8.78. The quantitative estimate of drug-likeness (QED) is 0.659. The average molecular weight is 408 g/mol. The minimum absolute atomic E-state index is 0.0818. The number of H-pyrrole nitrogens is 1. The lowest BCUT2D eigenvalue weighted by Gasteiger charge is -2.23. The number of nitrogens with two attached hydrogens (primary N) is 1. The molecule has 1 aliphatic heterocycles. The number of hydrogen-bond acceptors (Lipinski definition) is 7. The lowest BCUT2D eigenvalue weighted by atomic mass is 9.87. The third kappa shape index (κ3) is 3.19. The number of nitrogens with zero attached hydrogens (tertiary/aromatic N) is 2.